The van der Waals surface area contributed by atoms with Crippen LogP contribution in [0.25, 0.3) is 0 Å². The molecule has 4 nitrogen and oxygen atoms in total. The molecular formula is C15H17N3O. The van der Waals surface area contributed by atoms with Crippen molar-refractivity contribution in [2.75, 3.05) is 5.73 Å². The van der Waals surface area contributed by atoms with E-state index in [0.717, 1.165) is 36.4 Å². The summed E-state index contributed by atoms with van der Waals surface area (Å²) in [6.07, 6.45) is 3.22. The number of aromatic nitrogens is 2. The molecule has 1 aliphatic carbocycles. The topological polar surface area (TPSA) is 61.0 Å². The quantitative estimate of drug-likeness (QED) is 0.910. The highest BCUT2D eigenvalue weighted by atomic mass is 16.5. The van der Waals surface area contributed by atoms with Gasteiger partial charge in [0.1, 0.15) is 17.4 Å². The molecule has 19 heavy (non-hydrogen) atoms. The average molecular weight is 255 g/mol. The van der Waals surface area contributed by atoms with Gasteiger partial charge in [-0.2, -0.15) is 4.98 Å². The summed E-state index contributed by atoms with van der Waals surface area (Å²) in [6, 6.07) is 9.66. The number of aryl methyl sites for hydroxylation is 1. The van der Waals surface area contributed by atoms with Gasteiger partial charge in [0.25, 0.3) is 0 Å². The molecule has 0 amide bonds. The molecular weight excluding hydrogens is 238 g/mol. The van der Waals surface area contributed by atoms with Crippen molar-refractivity contribution in [2.45, 2.75) is 32.1 Å². The van der Waals surface area contributed by atoms with Crippen LogP contribution < -0.4 is 10.5 Å². The lowest BCUT2D eigenvalue weighted by Crippen LogP contribution is -2.01. The van der Waals surface area contributed by atoms with Crippen molar-refractivity contribution in [3.8, 4) is 11.6 Å². The second-order valence-electron chi connectivity index (χ2n) is 4.83. The normalized spacial score (nSPS) is 14.4. The van der Waals surface area contributed by atoms with E-state index >= 15 is 0 Å². The van der Waals surface area contributed by atoms with Crippen molar-refractivity contribution in [3.05, 3.63) is 41.7 Å². The molecule has 0 unspecified atom stereocenters. The van der Waals surface area contributed by atoms with Crippen LogP contribution in [0.15, 0.2) is 30.3 Å². The smallest absolute Gasteiger partial charge is 0.224 e. The molecule has 2 aromatic rings. The summed E-state index contributed by atoms with van der Waals surface area (Å²) in [4.78, 5) is 8.72. The van der Waals surface area contributed by atoms with E-state index in [-0.39, 0.29) is 0 Å². The van der Waals surface area contributed by atoms with Crippen molar-refractivity contribution in [2.24, 2.45) is 0 Å². The number of nitrogens with two attached hydrogens (primary N) is 1. The lowest BCUT2D eigenvalue weighted by Gasteiger charge is -2.10. The van der Waals surface area contributed by atoms with Gasteiger partial charge in [-0.05, 0) is 30.9 Å². The van der Waals surface area contributed by atoms with Crippen molar-refractivity contribution >= 4 is 5.82 Å². The molecule has 0 spiro atoms. The van der Waals surface area contributed by atoms with Crippen molar-refractivity contribution in [1.82, 2.24) is 9.97 Å². The summed E-state index contributed by atoms with van der Waals surface area (Å²) in [5, 5.41) is 0. The highest BCUT2D eigenvalue weighted by Crippen LogP contribution is 2.39. The van der Waals surface area contributed by atoms with Crippen LogP contribution in [0.3, 0.4) is 0 Å². The molecule has 2 N–H and O–H groups in total. The number of rotatable bonds is 4. The summed E-state index contributed by atoms with van der Waals surface area (Å²) in [6.45, 7) is 2.10. The second-order valence-corrected chi connectivity index (χ2v) is 4.83. The fourth-order valence-corrected chi connectivity index (χ4v) is 2.05. The first-order chi connectivity index (χ1) is 9.26. The molecule has 1 aromatic heterocycles. The lowest BCUT2D eigenvalue weighted by molar-refractivity contribution is 0.454. The first-order valence-corrected chi connectivity index (χ1v) is 6.66. The van der Waals surface area contributed by atoms with Crippen LogP contribution in [-0.2, 0) is 6.42 Å². The molecule has 0 aliphatic heterocycles. The predicted molar refractivity (Wildman–Crippen MR) is 74.3 cm³/mol. The molecule has 4 heteroatoms. The first-order valence-electron chi connectivity index (χ1n) is 6.66. The SMILES string of the molecule is CCc1ccccc1Oc1cc(N)nc(C2CC2)n1. The number of nitrogens with zero attached hydrogens (tertiary/aromatic N) is 2. The maximum absolute atomic E-state index is 5.87. The number of nitrogen functional groups attached to an aromatic ring is 1. The van der Waals surface area contributed by atoms with Gasteiger partial charge in [-0.15, -0.1) is 0 Å². The number of para-hydroxylation sites is 1. The van der Waals surface area contributed by atoms with Crippen LogP contribution in [-0.4, -0.2) is 9.97 Å². The third-order valence-electron chi connectivity index (χ3n) is 3.25. The van der Waals surface area contributed by atoms with Gasteiger partial charge in [0.05, 0.1) is 0 Å². The van der Waals surface area contributed by atoms with Crippen molar-refractivity contribution in [1.29, 1.82) is 0 Å². The van der Waals surface area contributed by atoms with Crippen LogP contribution in [0.4, 0.5) is 5.82 Å². The molecule has 1 aromatic carbocycles. The van der Waals surface area contributed by atoms with Crippen LogP contribution in [0, 0.1) is 0 Å². The Bertz CT molecular complexity index is 594. The monoisotopic (exact) mass is 255 g/mol. The Kier molecular flexibility index (Phi) is 3.07. The van der Waals surface area contributed by atoms with Gasteiger partial charge in [0, 0.05) is 12.0 Å². The minimum absolute atomic E-state index is 0.465. The van der Waals surface area contributed by atoms with Gasteiger partial charge in [-0.1, -0.05) is 25.1 Å². The summed E-state index contributed by atoms with van der Waals surface area (Å²) < 4.78 is 5.87. The molecule has 0 saturated heterocycles. The largest absolute Gasteiger partial charge is 0.439 e. The molecule has 1 saturated carbocycles. The fraction of sp³-hybridized carbons (Fsp3) is 0.333. The number of hydrogen-bond donors (Lipinski definition) is 1. The summed E-state index contributed by atoms with van der Waals surface area (Å²) in [5.74, 6) is 3.12. The Labute approximate surface area is 112 Å². The van der Waals surface area contributed by atoms with Gasteiger partial charge < -0.3 is 10.5 Å². The zero-order chi connectivity index (χ0) is 13.2. The Balaban J connectivity index is 1.90. The minimum atomic E-state index is 0.465. The van der Waals surface area contributed by atoms with E-state index in [9.17, 15) is 0 Å². The highest BCUT2D eigenvalue weighted by Gasteiger charge is 2.27. The number of hydrogen-bond acceptors (Lipinski definition) is 4. The van der Waals surface area contributed by atoms with E-state index in [4.69, 9.17) is 10.5 Å². The van der Waals surface area contributed by atoms with E-state index in [1.165, 1.54) is 0 Å². The number of ether oxygens (including phenoxy) is 1. The van der Waals surface area contributed by atoms with Gasteiger partial charge in [0.2, 0.25) is 5.88 Å². The Morgan fingerprint density at radius 3 is 2.79 bits per heavy atom. The van der Waals surface area contributed by atoms with Gasteiger partial charge in [-0.3, -0.25) is 0 Å². The predicted octanol–water partition coefficient (Wildman–Crippen LogP) is 3.29. The van der Waals surface area contributed by atoms with Crippen LogP contribution in [0.1, 0.15) is 37.1 Å². The maximum Gasteiger partial charge on any atom is 0.224 e. The molecule has 3 rings (SSSR count). The maximum atomic E-state index is 5.87. The van der Waals surface area contributed by atoms with Crippen molar-refractivity contribution < 1.29 is 4.74 Å². The zero-order valence-corrected chi connectivity index (χ0v) is 11.0. The van der Waals surface area contributed by atoms with Crippen molar-refractivity contribution in [3.63, 3.8) is 0 Å². The number of anilines is 1. The average Bonchev–Trinajstić information content (AvgIpc) is 3.23. The Morgan fingerprint density at radius 1 is 1.26 bits per heavy atom. The summed E-state index contributed by atoms with van der Waals surface area (Å²) >= 11 is 0. The summed E-state index contributed by atoms with van der Waals surface area (Å²) in [7, 11) is 0. The fourth-order valence-electron chi connectivity index (χ4n) is 2.05. The highest BCUT2D eigenvalue weighted by molar-refractivity contribution is 5.39. The third-order valence-corrected chi connectivity index (χ3v) is 3.25. The molecule has 1 heterocycles. The Morgan fingerprint density at radius 2 is 2.05 bits per heavy atom. The third kappa shape index (κ3) is 2.67. The van der Waals surface area contributed by atoms with Crippen LogP contribution in [0.5, 0.6) is 11.6 Å². The van der Waals surface area contributed by atoms with E-state index < -0.39 is 0 Å². The molecule has 0 atom stereocenters. The van der Waals surface area contributed by atoms with E-state index in [1.54, 1.807) is 6.07 Å². The van der Waals surface area contributed by atoms with Crippen LogP contribution >= 0.6 is 0 Å². The first kappa shape index (κ1) is 12.0. The molecule has 1 fully saturated rings. The van der Waals surface area contributed by atoms with Gasteiger partial charge in [-0.25, -0.2) is 4.98 Å². The molecule has 0 radical (unpaired) electrons. The second kappa shape index (κ2) is 4.88. The van der Waals surface area contributed by atoms with E-state index in [0.29, 0.717) is 17.6 Å². The molecule has 98 valence electrons. The standard InChI is InChI=1S/C15H17N3O/c1-2-10-5-3-4-6-12(10)19-14-9-13(16)17-15(18-14)11-7-8-11/h3-6,9,11H,2,7-8H2,1H3,(H2,16,17,18). The van der Waals surface area contributed by atoms with E-state index in [1.807, 2.05) is 18.2 Å². The van der Waals surface area contributed by atoms with Gasteiger partial charge in [0.15, 0.2) is 0 Å². The van der Waals surface area contributed by atoms with E-state index in [2.05, 4.69) is 23.0 Å². The van der Waals surface area contributed by atoms with Crippen LogP contribution in [0.2, 0.25) is 0 Å². The zero-order valence-electron chi connectivity index (χ0n) is 11.0. The molecule has 0 bridgehead atoms. The summed E-state index contributed by atoms with van der Waals surface area (Å²) in [5.41, 5.74) is 6.98. The molecule has 1 aliphatic rings. The number of benzene rings is 1. The Hall–Kier alpha value is -2.10. The minimum Gasteiger partial charge on any atom is -0.439 e. The van der Waals surface area contributed by atoms with Gasteiger partial charge >= 0.3 is 0 Å². The lowest BCUT2D eigenvalue weighted by atomic mass is 10.1.